The van der Waals surface area contributed by atoms with E-state index in [0.717, 1.165) is 44.1 Å². The number of benzene rings is 1. The number of nitrogens with zero attached hydrogens (tertiary/aromatic N) is 1. The molecule has 7 nitrogen and oxygen atoms in total. The third-order valence-corrected chi connectivity index (χ3v) is 4.09. The molecule has 1 aliphatic rings. The molecule has 1 heterocycles. The molecule has 0 saturated carbocycles. The highest BCUT2D eigenvalue weighted by molar-refractivity contribution is 5.94. The minimum atomic E-state index is -0.808. The van der Waals surface area contributed by atoms with Crippen LogP contribution in [0.2, 0.25) is 0 Å². The zero-order chi connectivity index (χ0) is 16.9. The van der Waals surface area contributed by atoms with Crippen LogP contribution >= 0.6 is 0 Å². The third kappa shape index (κ3) is 4.46. The van der Waals surface area contributed by atoms with Crippen molar-refractivity contribution in [2.75, 3.05) is 33.4 Å². The molecule has 1 aromatic rings. The van der Waals surface area contributed by atoms with E-state index in [4.69, 9.17) is 4.74 Å². The van der Waals surface area contributed by atoms with Gasteiger partial charge >= 0.3 is 0 Å². The van der Waals surface area contributed by atoms with E-state index < -0.39 is 22.3 Å². The molecule has 8 heteroatoms. The molecule has 23 heavy (non-hydrogen) atoms. The lowest BCUT2D eigenvalue weighted by molar-refractivity contribution is -0.385. The second-order valence-electron chi connectivity index (χ2n) is 5.82. The Morgan fingerprint density at radius 2 is 2.13 bits per heavy atom. The predicted molar refractivity (Wildman–Crippen MR) is 81.8 cm³/mol. The molecule has 1 amide bonds. The second-order valence-corrected chi connectivity index (χ2v) is 5.82. The summed E-state index contributed by atoms with van der Waals surface area (Å²) in [6, 6.07) is 2.85. The van der Waals surface area contributed by atoms with E-state index in [0.29, 0.717) is 13.2 Å². The topological polar surface area (TPSA) is 93.5 Å². The van der Waals surface area contributed by atoms with Crippen molar-refractivity contribution in [2.24, 2.45) is 5.41 Å². The smallest absolute Gasteiger partial charge is 0.273 e. The second kappa shape index (κ2) is 7.47. The Labute approximate surface area is 133 Å². The van der Waals surface area contributed by atoms with Crippen LogP contribution in [0.3, 0.4) is 0 Å². The number of piperidine rings is 1. The highest BCUT2D eigenvalue weighted by atomic mass is 19.1. The number of nitrogens with one attached hydrogen (secondary N) is 2. The van der Waals surface area contributed by atoms with Crippen LogP contribution in [0.15, 0.2) is 18.2 Å². The standard InChI is InChI=1S/C15H20FN3O4/c1-23-10-15(2-4-17-5-3-15)9-18-14(20)11-6-12(16)8-13(7-11)19(21)22/h6-8,17H,2-5,9-10H2,1H3,(H,18,20). The first-order valence-electron chi connectivity index (χ1n) is 7.39. The number of carbonyl (C=O) groups is 1. The van der Waals surface area contributed by atoms with Gasteiger partial charge in [0.1, 0.15) is 5.82 Å². The van der Waals surface area contributed by atoms with E-state index in [1.807, 2.05) is 0 Å². The van der Waals surface area contributed by atoms with Gasteiger partial charge in [0.25, 0.3) is 11.6 Å². The summed E-state index contributed by atoms with van der Waals surface area (Å²) in [6.07, 6.45) is 1.70. The molecule has 2 rings (SSSR count). The van der Waals surface area contributed by atoms with Gasteiger partial charge in [-0.25, -0.2) is 4.39 Å². The van der Waals surface area contributed by atoms with Crippen molar-refractivity contribution in [3.8, 4) is 0 Å². The van der Waals surface area contributed by atoms with Crippen molar-refractivity contribution in [1.29, 1.82) is 0 Å². The number of hydrogen-bond donors (Lipinski definition) is 2. The van der Waals surface area contributed by atoms with Crippen LogP contribution in [0.1, 0.15) is 23.2 Å². The summed E-state index contributed by atoms with van der Waals surface area (Å²) in [6.45, 7) is 2.57. The maximum Gasteiger partial charge on any atom is 0.273 e. The Morgan fingerprint density at radius 3 is 2.74 bits per heavy atom. The first-order valence-corrected chi connectivity index (χ1v) is 7.39. The lowest BCUT2D eigenvalue weighted by Crippen LogP contribution is -2.47. The monoisotopic (exact) mass is 325 g/mol. The number of rotatable bonds is 6. The summed E-state index contributed by atoms with van der Waals surface area (Å²) in [5, 5.41) is 16.8. The average molecular weight is 325 g/mol. The molecule has 1 aliphatic heterocycles. The summed E-state index contributed by atoms with van der Waals surface area (Å²) < 4.78 is 18.7. The minimum absolute atomic E-state index is 0.0572. The SMILES string of the molecule is COCC1(CNC(=O)c2cc(F)cc([N+](=O)[O-])c2)CCNCC1. The molecule has 0 bridgehead atoms. The van der Waals surface area contributed by atoms with E-state index in [1.165, 1.54) is 0 Å². The van der Waals surface area contributed by atoms with Crippen LogP contribution < -0.4 is 10.6 Å². The zero-order valence-electron chi connectivity index (χ0n) is 12.9. The van der Waals surface area contributed by atoms with Gasteiger partial charge in [-0.2, -0.15) is 0 Å². The number of hydrogen-bond acceptors (Lipinski definition) is 5. The van der Waals surface area contributed by atoms with Crippen molar-refractivity contribution >= 4 is 11.6 Å². The molecule has 2 N–H and O–H groups in total. The van der Waals surface area contributed by atoms with Crippen molar-refractivity contribution < 1.29 is 18.8 Å². The maximum atomic E-state index is 13.4. The van der Waals surface area contributed by atoms with E-state index >= 15 is 0 Å². The molecule has 1 fully saturated rings. The van der Waals surface area contributed by atoms with Crippen LogP contribution in [-0.2, 0) is 4.74 Å². The van der Waals surface area contributed by atoms with E-state index in [2.05, 4.69) is 10.6 Å². The molecule has 0 spiro atoms. The van der Waals surface area contributed by atoms with Gasteiger partial charge in [-0.1, -0.05) is 0 Å². The lowest BCUT2D eigenvalue weighted by atomic mass is 9.79. The maximum absolute atomic E-state index is 13.4. The molecular formula is C15H20FN3O4. The molecular weight excluding hydrogens is 305 g/mol. The number of ether oxygens (including phenoxy) is 1. The van der Waals surface area contributed by atoms with Gasteiger partial charge in [0.15, 0.2) is 0 Å². The average Bonchev–Trinajstić information content (AvgIpc) is 2.53. The van der Waals surface area contributed by atoms with E-state index in [-0.39, 0.29) is 11.0 Å². The Balaban J connectivity index is 2.07. The number of halogens is 1. The predicted octanol–water partition coefficient (Wildman–Crippen LogP) is 1.48. The number of nitro benzene ring substituents is 1. The summed E-state index contributed by atoms with van der Waals surface area (Å²) in [7, 11) is 1.61. The fourth-order valence-electron chi connectivity index (χ4n) is 2.82. The summed E-state index contributed by atoms with van der Waals surface area (Å²) in [4.78, 5) is 22.2. The first kappa shape index (κ1) is 17.3. The van der Waals surface area contributed by atoms with Crippen LogP contribution in [0.4, 0.5) is 10.1 Å². The van der Waals surface area contributed by atoms with E-state index in [1.54, 1.807) is 7.11 Å². The van der Waals surface area contributed by atoms with Gasteiger partial charge in [0.2, 0.25) is 0 Å². The minimum Gasteiger partial charge on any atom is -0.384 e. The number of amides is 1. The summed E-state index contributed by atoms with van der Waals surface area (Å²) >= 11 is 0. The zero-order valence-corrected chi connectivity index (χ0v) is 12.9. The van der Waals surface area contributed by atoms with Gasteiger partial charge < -0.3 is 15.4 Å². The Bertz CT molecular complexity index is 583. The molecule has 1 aromatic carbocycles. The number of nitro groups is 1. The molecule has 0 unspecified atom stereocenters. The fraction of sp³-hybridized carbons (Fsp3) is 0.533. The Kier molecular flexibility index (Phi) is 5.62. The van der Waals surface area contributed by atoms with Gasteiger partial charge in [-0.05, 0) is 32.0 Å². The first-order chi connectivity index (χ1) is 11.0. The molecule has 1 saturated heterocycles. The van der Waals surface area contributed by atoms with Crippen LogP contribution in [0.5, 0.6) is 0 Å². The van der Waals surface area contributed by atoms with Gasteiger partial charge in [0, 0.05) is 30.7 Å². The molecule has 0 atom stereocenters. The molecule has 0 radical (unpaired) electrons. The van der Waals surface area contributed by atoms with Crippen LogP contribution in [-0.4, -0.2) is 44.2 Å². The number of methoxy groups -OCH3 is 1. The van der Waals surface area contributed by atoms with Crippen molar-refractivity contribution in [3.63, 3.8) is 0 Å². The van der Waals surface area contributed by atoms with Gasteiger partial charge in [-0.3, -0.25) is 14.9 Å². The number of carbonyl (C=O) groups excluding carboxylic acids is 1. The van der Waals surface area contributed by atoms with Crippen molar-refractivity contribution in [1.82, 2.24) is 10.6 Å². The van der Waals surface area contributed by atoms with Crippen LogP contribution in [0, 0.1) is 21.3 Å². The van der Waals surface area contributed by atoms with Crippen molar-refractivity contribution in [2.45, 2.75) is 12.8 Å². The molecule has 0 aliphatic carbocycles. The number of non-ortho nitro benzene ring substituents is 1. The Hall–Kier alpha value is -2.06. The molecule has 0 aromatic heterocycles. The largest absolute Gasteiger partial charge is 0.384 e. The van der Waals surface area contributed by atoms with E-state index in [9.17, 15) is 19.3 Å². The third-order valence-electron chi connectivity index (χ3n) is 4.09. The highest BCUT2D eigenvalue weighted by Crippen LogP contribution is 2.28. The van der Waals surface area contributed by atoms with Gasteiger partial charge in [-0.15, -0.1) is 0 Å². The summed E-state index contributed by atoms with van der Waals surface area (Å²) in [5.74, 6) is -1.33. The quantitative estimate of drug-likeness (QED) is 0.610. The lowest BCUT2D eigenvalue weighted by Gasteiger charge is -2.37. The normalized spacial score (nSPS) is 16.8. The van der Waals surface area contributed by atoms with Gasteiger partial charge in [0.05, 0.1) is 17.6 Å². The van der Waals surface area contributed by atoms with Crippen LogP contribution in [0.25, 0.3) is 0 Å². The fourth-order valence-corrected chi connectivity index (χ4v) is 2.82. The van der Waals surface area contributed by atoms with Crippen molar-refractivity contribution in [3.05, 3.63) is 39.7 Å². The molecule has 126 valence electrons. The Morgan fingerprint density at radius 1 is 1.43 bits per heavy atom. The highest BCUT2D eigenvalue weighted by Gasteiger charge is 2.32. The summed E-state index contributed by atoms with van der Waals surface area (Å²) in [5.41, 5.74) is -0.670.